The highest BCUT2D eigenvalue weighted by Gasteiger charge is 2.18. The first kappa shape index (κ1) is 20.8. The molecule has 1 aromatic carbocycles. The van der Waals surface area contributed by atoms with Crippen LogP contribution in [0.4, 0.5) is 0 Å². The molecule has 1 N–H and O–H groups in total. The third-order valence-corrected chi connectivity index (χ3v) is 4.73. The van der Waals surface area contributed by atoms with Gasteiger partial charge in [-0.2, -0.15) is 4.98 Å². The molecule has 2 heterocycles. The molecular formula is C21H22ClN3O4. The molecule has 0 spiro atoms. The van der Waals surface area contributed by atoms with Crippen molar-refractivity contribution in [2.75, 3.05) is 0 Å². The smallest absolute Gasteiger partial charge is 0.306 e. The third kappa shape index (κ3) is 4.74. The molecule has 0 radical (unpaired) electrons. The van der Waals surface area contributed by atoms with E-state index in [-0.39, 0.29) is 12.0 Å². The Labute approximate surface area is 173 Å². The molecule has 3 aromatic rings. The standard InChI is InChI=1S/C21H22ClN3O4/c1-11(2)28-20-17(22)9-15(10-23-20)19-24-18(25-29-19)16-7-5-6-14(13(16)4)8-12(3)21(26)27/h5-7,9-12H,8H2,1-4H3,(H,26,27). The molecule has 1 unspecified atom stereocenters. The van der Waals surface area contributed by atoms with Gasteiger partial charge in [0, 0.05) is 11.8 Å². The topological polar surface area (TPSA) is 98.3 Å². The normalized spacial score (nSPS) is 12.2. The van der Waals surface area contributed by atoms with Gasteiger partial charge in [0.15, 0.2) is 0 Å². The Morgan fingerprint density at radius 3 is 2.72 bits per heavy atom. The minimum absolute atomic E-state index is 0.0417. The van der Waals surface area contributed by atoms with Crippen molar-refractivity contribution in [2.24, 2.45) is 5.92 Å². The number of halogens is 1. The number of nitrogens with zero attached hydrogens (tertiary/aromatic N) is 3. The molecule has 0 aliphatic rings. The van der Waals surface area contributed by atoms with Gasteiger partial charge < -0.3 is 14.4 Å². The monoisotopic (exact) mass is 415 g/mol. The van der Waals surface area contributed by atoms with Gasteiger partial charge in [0.25, 0.3) is 5.89 Å². The Balaban J connectivity index is 1.89. The Morgan fingerprint density at radius 2 is 2.07 bits per heavy atom. The van der Waals surface area contributed by atoms with Crippen molar-refractivity contribution in [2.45, 2.75) is 40.2 Å². The molecule has 0 amide bonds. The van der Waals surface area contributed by atoms with Gasteiger partial charge >= 0.3 is 5.97 Å². The van der Waals surface area contributed by atoms with E-state index in [0.717, 1.165) is 16.7 Å². The minimum atomic E-state index is -0.828. The number of carboxylic acid groups (broad SMARTS) is 1. The van der Waals surface area contributed by atoms with Crippen molar-refractivity contribution in [3.63, 3.8) is 0 Å². The molecule has 0 aliphatic heterocycles. The van der Waals surface area contributed by atoms with Crippen molar-refractivity contribution in [3.8, 4) is 28.7 Å². The number of hydrogen-bond acceptors (Lipinski definition) is 6. The van der Waals surface area contributed by atoms with Crippen LogP contribution in [0.1, 0.15) is 31.9 Å². The fourth-order valence-corrected chi connectivity index (χ4v) is 3.08. The van der Waals surface area contributed by atoms with Crippen LogP contribution < -0.4 is 4.74 Å². The lowest BCUT2D eigenvalue weighted by molar-refractivity contribution is -0.141. The number of carboxylic acids is 1. The number of hydrogen-bond donors (Lipinski definition) is 1. The maximum atomic E-state index is 11.2. The molecule has 3 rings (SSSR count). The van der Waals surface area contributed by atoms with Gasteiger partial charge in [0.2, 0.25) is 11.7 Å². The molecule has 0 saturated heterocycles. The number of carbonyl (C=O) groups is 1. The number of aliphatic carboxylic acids is 1. The van der Waals surface area contributed by atoms with Gasteiger partial charge in [0.1, 0.15) is 5.02 Å². The summed E-state index contributed by atoms with van der Waals surface area (Å²) in [6, 6.07) is 7.32. The minimum Gasteiger partial charge on any atom is -0.481 e. The van der Waals surface area contributed by atoms with Crippen LogP contribution in [0, 0.1) is 12.8 Å². The summed E-state index contributed by atoms with van der Waals surface area (Å²) < 4.78 is 10.9. The molecule has 152 valence electrons. The Morgan fingerprint density at radius 1 is 1.31 bits per heavy atom. The first-order chi connectivity index (χ1) is 13.8. The van der Waals surface area contributed by atoms with E-state index in [0.29, 0.717) is 28.7 Å². The summed E-state index contributed by atoms with van der Waals surface area (Å²) in [4.78, 5) is 19.9. The summed E-state index contributed by atoms with van der Waals surface area (Å²) in [7, 11) is 0. The van der Waals surface area contributed by atoms with E-state index in [9.17, 15) is 9.90 Å². The van der Waals surface area contributed by atoms with Crippen molar-refractivity contribution >= 4 is 17.6 Å². The van der Waals surface area contributed by atoms with Crippen LogP contribution in [0.2, 0.25) is 5.02 Å². The lowest BCUT2D eigenvalue weighted by Crippen LogP contribution is -2.13. The summed E-state index contributed by atoms with van der Waals surface area (Å²) >= 11 is 6.24. The average molecular weight is 416 g/mol. The van der Waals surface area contributed by atoms with Crippen LogP contribution in [0.25, 0.3) is 22.8 Å². The third-order valence-electron chi connectivity index (χ3n) is 4.46. The number of ether oxygens (including phenoxy) is 1. The summed E-state index contributed by atoms with van der Waals surface area (Å²) in [5.74, 6) is -0.257. The maximum Gasteiger partial charge on any atom is 0.306 e. The Hall–Kier alpha value is -2.93. The van der Waals surface area contributed by atoms with E-state index >= 15 is 0 Å². The fraction of sp³-hybridized carbons (Fsp3) is 0.333. The Kier molecular flexibility index (Phi) is 6.17. The van der Waals surface area contributed by atoms with E-state index in [1.54, 1.807) is 19.2 Å². The largest absolute Gasteiger partial charge is 0.481 e. The van der Waals surface area contributed by atoms with Crippen molar-refractivity contribution < 1.29 is 19.2 Å². The first-order valence-corrected chi connectivity index (χ1v) is 9.62. The number of rotatable bonds is 7. The first-order valence-electron chi connectivity index (χ1n) is 9.24. The maximum absolute atomic E-state index is 11.2. The lowest BCUT2D eigenvalue weighted by atomic mass is 9.94. The SMILES string of the molecule is Cc1c(CC(C)C(=O)O)cccc1-c1noc(-c2cnc(OC(C)C)c(Cl)c2)n1. The van der Waals surface area contributed by atoms with E-state index in [1.165, 1.54) is 0 Å². The predicted molar refractivity (Wildman–Crippen MR) is 109 cm³/mol. The van der Waals surface area contributed by atoms with Crippen LogP contribution in [-0.4, -0.2) is 32.3 Å². The zero-order chi connectivity index (χ0) is 21.1. The summed E-state index contributed by atoms with van der Waals surface area (Å²) in [6.45, 7) is 7.39. The van der Waals surface area contributed by atoms with Crippen LogP contribution in [0.15, 0.2) is 35.0 Å². The lowest BCUT2D eigenvalue weighted by Gasteiger charge is -2.11. The molecule has 1 atom stereocenters. The van der Waals surface area contributed by atoms with Gasteiger partial charge in [0.05, 0.1) is 17.6 Å². The zero-order valence-electron chi connectivity index (χ0n) is 16.6. The van der Waals surface area contributed by atoms with Gasteiger partial charge in [-0.05, 0) is 44.4 Å². The molecular weight excluding hydrogens is 394 g/mol. The fourth-order valence-electron chi connectivity index (χ4n) is 2.87. The van der Waals surface area contributed by atoms with Gasteiger partial charge in [-0.25, -0.2) is 4.98 Å². The molecule has 0 saturated carbocycles. The number of benzene rings is 1. The van der Waals surface area contributed by atoms with E-state index in [2.05, 4.69) is 15.1 Å². The average Bonchev–Trinajstić information content (AvgIpc) is 3.14. The van der Waals surface area contributed by atoms with Gasteiger partial charge in [-0.15, -0.1) is 0 Å². The summed E-state index contributed by atoms with van der Waals surface area (Å²) in [5.41, 5.74) is 3.22. The van der Waals surface area contributed by atoms with Crippen LogP contribution in [0.3, 0.4) is 0 Å². The Bertz CT molecular complexity index is 1030. The van der Waals surface area contributed by atoms with Crippen molar-refractivity contribution in [1.29, 1.82) is 0 Å². The number of aromatic nitrogens is 3. The molecule has 7 nitrogen and oxygen atoms in total. The van der Waals surface area contributed by atoms with E-state index in [4.69, 9.17) is 20.9 Å². The van der Waals surface area contributed by atoms with Crippen LogP contribution in [-0.2, 0) is 11.2 Å². The highest BCUT2D eigenvalue weighted by atomic mass is 35.5. The molecule has 2 aromatic heterocycles. The highest BCUT2D eigenvalue weighted by Crippen LogP contribution is 2.30. The van der Waals surface area contributed by atoms with Gasteiger partial charge in [-0.1, -0.05) is 41.9 Å². The van der Waals surface area contributed by atoms with Crippen LogP contribution in [0.5, 0.6) is 5.88 Å². The molecule has 29 heavy (non-hydrogen) atoms. The zero-order valence-corrected chi connectivity index (χ0v) is 17.4. The summed E-state index contributed by atoms with van der Waals surface area (Å²) in [6.07, 6.45) is 1.95. The van der Waals surface area contributed by atoms with E-state index < -0.39 is 11.9 Å². The predicted octanol–water partition coefficient (Wildman–Crippen LogP) is 4.81. The summed E-state index contributed by atoms with van der Waals surface area (Å²) in [5, 5.41) is 13.6. The van der Waals surface area contributed by atoms with Crippen molar-refractivity contribution in [1.82, 2.24) is 15.1 Å². The van der Waals surface area contributed by atoms with E-state index in [1.807, 2.05) is 39.0 Å². The van der Waals surface area contributed by atoms with Gasteiger partial charge in [-0.3, -0.25) is 4.79 Å². The second-order valence-corrected chi connectivity index (χ2v) is 7.54. The number of pyridine rings is 1. The molecule has 0 fully saturated rings. The van der Waals surface area contributed by atoms with Crippen LogP contribution >= 0.6 is 11.6 Å². The quantitative estimate of drug-likeness (QED) is 0.591. The second-order valence-electron chi connectivity index (χ2n) is 7.13. The van der Waals surface area contributed by atoms with Crippen molar-refractivity contribution in [3.05, 3.63) is 46.6 Å². The molecule has 8 heteroatoms. The molecule has 0 bridgehead atoms. The highest BCUT2D eigenvalue weighted by molar-refractivity contribution is 6.32. The molecule has 0 aliphatic carbocycles. The second kappa shape index (κ2) is 8.61.